The van der Waals surface area contributed by atoms with Crippen molar-refractivity contribution in [2.75, 3.05) is 6.61 Å². The van der Waals surface area contributed by atoms with E-state index in [2.05, 4.69) is 6.92 Å². The number of esters is 1. The normalized spacial score (nSPS) is 11.3. The van der Waals surface area contributed by atoms with Gasteiger partial charge in [0.15, 0.2) is 0 Å². The van der Waals surface area contributed by atoms with Crippen molar-refractivity contribution < 1.29 is 19.4 Å². The van der Waals surface area contributed by atoms with E-state index in [9.17, 15) is 14.7 Å². The highest BCUT2D eigenvalue weighted by Gasteiger charge is 2.37. The van der Waals surface area contributed by atoms with Crippen molar-refractivity contribution in [3.8, 4) is 0 Å². The average Bonchev–Trinajstić information content (AvgIpc) is 2.35. The Morgan fingerprint density at radius 2 is 1.67 bits per heavy atom. The molecule has 0 rings (SSSR count). The number of carboxylic acid groups (broad SMARTS) is 1. The van der Waals surface area contributed by atoms with Crippen LogP contribution < -0.4 is 0 Å². The summed E-state index contributed by atoms with van der Waals surface area (Å²) in [6.07, 6.45) is 5.06. The molecule has 0 bridgehead atoms. The van der Waals surface area contributed by atoms with Crippen LogP contribution in [0.3, 0.4) is 0 Å². The smallest absolute Gasteiger partial charge is 0.310 e. The molecule has 0 fully saturated rings. The fourth-order valence-corrected chi connectivity index (χ4v) is 1.92. The molecule has 4 heteroatoms. The van der Waals surface area contributed by atoms with Gasteiger partial charge in [-0.15, -0.1) is 0 Å². The van der Waals surface area contributed by atoms with Crippen LogP contribution in [-0.2, 0) is 14.3 Å². The third-order valence-corrected chi connectivity index (χ3v) is 3.55. The largest absolute Gasteiger partial charge is 0.481 e. The summed E-state index contributed by atoms with van der Waals surface area (Å²) >= 11 is 0. The van der Waals surface area contributed by atoms with Crippen LogP contribution in [-0.4, -0.2) is 23.7 Å². The van der Waals surface area contributed by atoms with Gasteiger partial charge >= 0.3 is 11.9 Å². The van der Waals surface area contributed by atoms with E-state index in [1.165, 1.54) is 0 Å². The van der Waals surface area contributed by atoms with Crippen molar-refractivity contribution in [3.05, 3.63) is 0 Å². The van der Waals surface area contributed by atoms with Gasteiger partial charge in [0.25, 0.3) is 0 Å². The van der Waals surface area contributed by atoms with Gasteiger partial charge in [-0.1, -0.05) is 40.0 Å². The first-order chi connectivity index (χ1) is 8.52. The van der Waals surface area contributed by atoms with Crippen molar-refractivity contribution >= 4 is 11.9 Å². The summed E-state index contributed by atoms with van der Waals surface area (Å²) in [7, 11) is 0. The number of unbranched alkanes of at least 4 members (excludes halogenated alkanes) is 3. The molecule has 0 aromatic heterocycles. The van der Waals surface area contributed by atoms with Crippen LogP contribution in [0.1, 0.15) is 65.7 Å². The number of ether oxygens (including phenoxy) is 1. The highest BCUT2D eigenvalue weighted by atomic mass is 16.5. The molecule has 0 unspecified atom stereocenters. The second-order valence-electron chi connectivity index (χ2n) is 4.75. The number of carbonyl (C=O) groups is 2. The van der Waals surface area contributed by atoms with Gasteiger partial charge in [0.1, 0.15) is 0 Å². The van der Waals surface area contributed by atoms with E-state index in [0.29, 0.717) is 19.4 Å². The van der Waals surface area contributed by atoms with E-state index in [1.807, 2.05) is 0 Å². The molecule has 0 heterocycles. The van der Waals surface area contributed by atoms with Gasteiger partial charge in [0, 0.05) is 0 Å². The molecule has 0 aromatic rings. The molecule has 106 valence electrons. The van der Waals surface area contributed by atoms with Gasteiger partial charge < -0.3 is 9.84 Å². The summed E-state index contributed by atoms with van der Waals surface area (Å²) < 4.78 is 5.10. The third-order valence-electron chi connectivity index (χ3n) is 3.55. The van der Waals surface area contributed by atoms with E-state index >= 15 is 0 Å². The fraction of sp³-hybridized carbons (Fsp3) is 0.857. The molecule has 4 nitrogen and oxygen atoms in total. The molecule has 0 amide bonds. The Balaban J connectivity index is 4.08. The minimum Gasteiger partial charge on any atom is -0.481 e. The highest BCUT2D eigenvalue weighted by Crippen LogP contribution is 2.31. The summed E-state index contributed by atoms with van der Waals surface area (Å²) in [4.78, 5) is 22.9. The first kappa shape index (κ1) is 16.9. The molecule has 0 saturated heterocycles. The average molecular weight is 258 g/mol. The van der Waals surface area contributed by atoms with E-state index < -0.39 is 17.4 Å². The van der Waals surface area contributed by atoms with E-state index in [1.54, 1.807) is 13.8 Å². The quantitative estimate of drug-likeness (QED) is 0.482. The molecule has 0 aliphatic heterocycles. The van der Waals surface area contributed by atoms with Crippen molar-refractivity contribution in [1.82, 2.24) is 0 Å². The Kier molecular flexibility index (Phi) is 8.42. The van der Waals surface area contributed by atoms with Gasteiger partial charge in [-0.2, -0.15) is 0 Å². The highest BCUT2D eigenvalue weighted by molar-refractivity contribution is 5.82. The standard InChI is InChI=1S/C14H26O4/c1-4-7-8-9-10-18-12(15)11-14(5-2,6-3)13(16)17/h4-11H2,1-3H3,(H,16,17). The molecule has 0 aliphatic carbocycles. The van der Waals surface area contributed by atoms with Gasteiger partial charge in [-0.05, 0) is 19.3 Å². The minimum atomic E-state index is -0.958. The minimum absolute atomic E-state index is 0.0247. The number of hydrogen-bond acceptors (Lipinski definition) is 3. The Bertz CT molecular complexity index is 257. The number of aliphatic carboxylic acids is 1. The van der Waals surface area contributed by atoms with Crippen molar-refractivity contribution in [2.45, 2.75) is 65.7 Å². The molecule has 18 heavy (non-hydrogen) atoms. The summed E-state index contributed by atoms with van der Waals surface area (Å²) in [5.74, 6) is -1.30. The van der Waals surface area contributed by atoms with Crippen molar-refractivity contribution in [2.24, 2.45) is 5.41 Å². The first-order valence-corrected chi connectivity index (χ1v) is 6.91. The molecule has 0 radical (unpaired) electrons. The van der Waals surface area contributed by atoms with Crippen LogP contribution in [0.2, 0.25) is 0 Å². The van der Waals surface area contributed by atoms with Crippen molar-refractivity contribution in [3.63, 3.8) is 0 Å². The maximum atomic E-state index is 11.6. The molecule has 0 atom stereocenters. The molecule has 0 saturated carbocycles. The van der Waals surface area contributed by atoms with Crippen LogP contribution >= 0.6 is 0 Å². The number of carboxylic acids is 1. The van der Waals surface area contributed by atoms with E-state index in [4.69, 9.17) is 4.74 Å². The fourth-order valence-electron chi connectivity index (χ4n) is 1.92. The van der Waals surface area contributed by atoms with Crippen LogP contribution in [0.15, 0.2) is 0 Å². The lowest BCUT2D eigenvalue weighted by atomic mass is 9.79. The molecule has 0 spiro atoms. The predicted molar refractivity (Wildman–Crippen MR) is 70.4 cm³/mol. The van der Waals surface area contributed by atoms with E-state index in [-0.39, 0.29) is 6.42 Å². The summed E-state index contributed by atoms with van der Waals surface area (Å²) in [5.41, 5.74) is -0.958. The summed E-state index contributed by atoms with van der Waals surface area (Å²) in [6.45, 7) is 6.12. The SMILES string of the molecule is CCCCCCOC(=O)CC(CC)(CC)C(=O)O. The van der Waals surface area contributed by atoms with Crippen LogP contribution in [0, 0.1) is 5.41 Å². The maximum Gasteiger partial charge on any atom is 0.310 e. The summed E-state index contributed by atoms with van der Waals surface area (Å²) in [5, 5.41) is 9.21. The van der Waals surface area contributed by atoms with Crippen LogP contribution in [0.25, 0.3) is 0 Å². The third kappa shape index (κ3) is 5.52. The molecular weight excluding hydrogens is 232 g/mol. The number of rotatable bonds is 10. The number of carbonyl (C=O) groups excluding carboxylic acids is 1. The Morgan fingerprint density at radius 3 is 2.11 bits per heavy atom. The lowest BCUT2D eigenvalue weighted by molar-refractivity contribution is -0.159. The maximum absolute atomic E-state index is 11.6. The molecule has 1 N–H and O–H groups in total. The zero-order chi connectivity index (χ0) is 14.0. The van der Waals surface area contributed by atoms with E-state index in [0.717, 1.165) is 25.7 Å². The molecular formula is C14H26O4. The van der Waals surface area contributed by atoms with Gasteiger partial charge in [0.2, 0.25) is 0 Å². The molecule has 0 aliphatic rings. The number of hydrogen-bond donors (Lipinski definition) is 1. The Hall–Kier alpha value is -1.06. The van der Waals surface area contributed by atoms with Crippen molar-refractivity contribution in [1.29, 1.82) is 0 Å². The second kappa shape index (κ2) is 8.95. The monoisotopic (exact) mass is 258 g/mol. The van der Waals surface area contributed by atoms with Crippen LogP contribution in [0.4, 0.5) is 0 Å². The van der Waals surface area contributed by atoms with Crippen LogP contribution in [0.5, 0.6) is 0 Å². The zero-order valence-electron chi connectivity index (χ0n) is 11.8. The first-order valence-electron chi connectivity index (χ1n) is 6.91. The Morgan fingerprint density at radius 1 is 1.06 bits per heavy atom. The molecule has 0 aromatic carbocycles. The second-order valence-corrected chi connectivity index (χ2v) is 4.75. The zero-order valence-corrected chi connectivity index (χ0v) is 11.8. The topological polar surface area (TPSA) is 63.6 Å². The lowest BCUT2D eigenvalue weighted by Crippen LogP contribution is -2.33. The van der Waals surface area contributed by atoms with Gasteiger partial charge in [-0.3, -0.25) is 9.59 Å². The Labute approximate surface area is 110 Å². The summed E-state index contributed by atoms with van der Waals surface area (Å²) in [6, 6.07) is 0. The predicted octanol–water partition coefficient (Wildman–Crippen LogP) is 3.39. The lowest BCUT2D eigenvalue weighted by Gasteiger charge is -2.25. The van der Waals surface area contributed by atoms with Gasteiger partial charge in [0.05, 0.1) is 18.4 Å². The van der Waals surface area contributed by atoms with Gasteiger partial charge in [-0.25, -0.2) is 0 Å².